The highest BCUT2D eigenvalue weighted by Crippen LogP contribution is 2.17. The van der Waals surface area contributed by atoms with Crippen molar-refractivity contribution in [3.05, 3.63) is 29.8 Å². The van der Waals surface area contributed by atoms with Crippen molar-refractivity contribution >= 4 is 5.91 Å². The van der Waals surface area contributed by atoms with E-state index in [1.54, 1.807) is 0 Å². The number of hydrogen-bond donors (Lipinski definition) is 2. The minimum absolute atomic E-state index is 0.0423. The van der Waals surface area contributed by atoms with Crippen LogP contribution in [0.25, 0.3) is 0 Å². The van der Waals surface area contributed by atoms with E-state index in [0.29, 0.717) is 13.0 Å². The SMILES string of the molecule is CC(C)(CCN)NC(=O)c1cccc(OC(F)F)c1. The van der Waals surface area contributed by atoms with Gasteiger partial charge in [-0.25, -0.2) is 0 Å². The maximum atomic E-state index is 12.1. The molecule has 106 valence electrons. The molecule has 0 aliphatic carbocycles. The largest absolute Gasteiger partial charge is 0.435 e. The number of benzene rings is 1. The Balaban J connectivity index is 2.77. The predicted molar refractivity (Wildman–Crippen MR) is 68.3 cm³/mol. The molecule has 0 fully saturated rings. The van der Waals surface area contributed by atoms with Crippen LogP contribution in [0.4, 0.5) is 8.78 Å². The molecule has 0 bridgehead atoms. The van der Waals surface area contributed by atoms with Gasteiger partial charge in [-0.1, -0.05) is 6.07 Å². The summed E-state index contributed by atoms with van der Waals surface area (Å²) in [5.41, 5.74) is 5.27. The molecule has 0 spiro atoms. The highest BCUT2D eigenvalue weighted by Gasteiger charge is 2.20. The Labute approximate surface area is 110 Å². The molecule has 19 heavy (non-hydrogen) atoms. The Morgan fingerprint density at radius 1 is 1.47 bits per heavy atom. The van der Waals surface area contributed by atoms with Gasteiger partial charge in [-0.3, -0.25) is 4.79 Å². The van der Waals surface area contributed by atoms with Crippen molar-refractivity contribution in [1.29, 1.82) is 0 Å². The molecule has 0 radical (unpaired) electrons. The molecule has 0 aliphatic heterocycles. The number of nitrogens with two attached hydrogens (primary N) is 1. The Hall–Kier alpha value is -1.69. The van der Waals surface area contributed by atoms with Crippen molar-refractivity contribution < 1.29 is 18.3 Å². The Bertz CT molecular complexity index is 436. The highest BCUT2D eigenvalue weighted by molar-refractivity contribution is 5.95. The maximum Gasteiger partial charge on any atom is 0.387 e. The predicted octanol–water partition coefficient (Wildman–Crippen LogP) is 2.15. The van der Waals surface area contributed by atoms with Crippen LogP contribution in [-0.4, -0.2) is 24.6 Å². The minimum Gasteiger partial charge on any atom is -0.435 e. The lowest BCUT2D eigenvalue weighted by atomic mass is 10.00. The lowest BCUT2D eigenvalue weighted by Crippen LogP contribution is -2.44. The first-order valence-corrected chi connectivity index (χ1v) is 5.91. The Morgan fingerprint density at radius 2 is 2.16 bits per heavy atom. The summed E-state index contributed by atoms with van der Waals surface area (Å²) in [5, 5.41) is 2.79. The molecule has 0 unspecified atom stereocenters. The Kier molecular flexibility index (Phi) is 5.23. The zero-order valence-electron chi connectivity index (χ0n) is 11.0. The van der Waals surface area contributed by atoms with E-state index in [-0.39, 0.29) is 17.2 Å². The molecule has 0 saturated carbocycles. The van der Waals surface area contributed by atoms with E-state index in [4.69, 9.17) is 5.73 Å². The summed E-state index contributed by atoms with van der Waals surface area (Å²) in [6, 6.07) is 5.67. The summed E-state index contributed by atoms with van der Waals surface area (Å²) >= 11 is 0. The first-order valence-electron chi connectivity index (χ1n) is 5.91. The summed E-state index contributed by atoms with van der Waals surface area (Å²) in [6.07, 6.45) is 0.617. The third-order valence-corrected chi connectivity index (χ3v) is 2.54. The van der Waals surface area contributed by atoms with E-state index in [9.17, 15) is 13.6 Å². The molecular weight excluding hydrogens is 254 g/mol. The van der Waals surface area contributed by atoms with Gasteiger partial charge in [-0.2, -0.15) is 8.78 Å². The molecule has 6 heteroatoms. The van der Waals surface area contributed by atoms with E-state index in [0.717, 1.165) is 0 Å². The molecule has 0 aliphatic rings. The van der Waals surface area contributed by atoms with E-state index in [2.05, 4.69) is 10.1 Å². The lowest BCUT2D eigenvalue weighted by Gasteiger charge is -2.25. The molecule has 3 N–H and O–H groups in total. The fourth-order valence-corrected chi connectivity index (χ4v) is 1.62. The quantitative estimate of drug-likeness (QED) is 0.834. The fourth-order valence-electron chi connectivity index (χ4n) is 1.62. The van der Waals surface area contributed by atoms with Crippen LogP contribution in [0.2, 0.25) is 0 Å². The summed E-state index contributed by atoms with van der Waals surface area (Å²) < 4.78 is 28.4. The Morgan fingerprint density at radius 3 is 2.74 bits per heavy atom. The van der Waals surface area contributed by atoms with Gasteiger partial charge in [0.1, 0.15) is 5.75 Å². The van der Waals surface area contributed by atoms with Gasteiger partial charge < -0.3 is 15.8 Å². The smallest absolute Gasteiger partial charge is 0.387 e. The molecule has 4 nitrogen and oxygen atoms in total. The maximum absolute atomic E-state index is 12.1. The number of amides is 1. The second-order valence-electron chi connectivity index (χ2n) is 4.78. The lowest BCUT2D eigenvalue weighted by molar-refractivity contribution is -0.0498. The molecule has 0 aromatic heterocycles. The molecule has 1 aromatic rings. The van der Waals surface area contributed by atoms with Crippen molar-refractivity contribution in [2.45, 2.75) is 32.4 Å². The number of ether oxygens (including phenoxy) is 1. The second-order valence-corrected chi connectivity index (χ2v) is 4.78. The number of hydrogen-bond acceptors (Lipinski definition) is 3. The summed E-state index contributed by atoms with van der Waals surface area (Å²) in [5.74, 6) is -0.391. The normalized spacial score (nSPS) is 11.5. The van der Waals surface area contributed by atoms with Crippen LogP contribution in [0.15, 0.2) is 24.3 Å². The third-order valence-electron chi connectivity index (χ3n) is 2.54. The number of nitrogens with one attached hydrogen (secondary N) is 1. The molecular formula is C13H18F2N2O2. The first kappa shape index (κ1) is 15.4. The van der Waals surface area contributed by atoms with E-state index < -0.39 is 12.2 Å². The van der Waals surface area contributed by atoms with Crippen molar-refractivity contribution in [2.24, 2.45) is 5.73 Å². The van der Waals surface area contributed by atoms with E-state index in [1.165, 1.54) is 24.3 Å². The van der Waals surface area contributed by atoms with Crippen molar-refractivity contribution in [2.75, 3.05) is 6.54 Å². The molecule has 0 saturated heterocycles. The van der Waals surface area contributed by atoms with Crippen LogP contribution in [0.3, 0.4) is 0 Å². The minimum atomic E-state index is -2.91. The number of carbonyl (C=O) groups is 1. The summed E-state index contributed by atoms with van der Waals surface area (Å²) in [6.45, 7) is 1.23. The molecule has 1 amide bonds. The van der Waals surface area contributed by atoms with Crippen molar-refractivity contribution in [3.63, 3.8) is 0 Å². The second kappa shape index (κ2) is 6.47. The number of alkyl halides is 2. The third kappa shape index (κ3) is 5.21. The monoisotopic (exact) mass is 272 g/mol. The van der Waals surface area contributed by atoms with Gasteiger partial charge in [0.05, 0.1) is 0 Å². The number of rotatable bonds is 6. The van der Waals surface area contributed by atoms with Gasteiger partial charge >= 0.3 is 6.61 Å². The molecule has 1 aromatic carbocycles. The molecule has 1 rings (SSSR count). The van der Waals surface area contributed by atoms with Crippen LogP contribution in [0.1, 0.15) is 30.6 Å². The van der Waals surface area contributed by atoms with Crippen LogP contribution in [0.5, 0.6) is 5.75 Å². The van der Waals surface area contributed by atoms with Crippen LogP contribution >= 0.6 is 0 Å². The topological polar surface area (TPSA) is 64.3 Å². The molecule has 0 heterocycles. The fraction of sp³-hybridized carbons (Fsp3) is 0.462. The van der Waals surface area contributed by atoms with Gasteiger partial charge in [-0.15, -0.1) is 0 Å². The molecule has 0 atom stereocenters. The summed E-state index contributed by atoms with van der Waals surface area (Å²) in [7, 11) is 0. The van der Waals surface area contributed by atoms with E-state index >= 15 is 0 Å². The zero-order chi connectivity index (χ0) is 14.5. The van der Waals surface area contributed by atoms with Crippen molar-refractivity contribution in [1.82, 2.24) is 5.32 Å². The van der Waals surface area contributed by atoms with Gasteiger partial charge in [0.15, 0.2) is 0 Å². The van der Waals surface area contributed by atoms with Gasteiger partial charge in [0.2, 0.25) is 0 Å². The number of carbonyl (C=O) groups excluding carboxylic acids is 1. The first-order chi connectivity index (χ1) is 8.84. The highest BCUT2D eigenvalue weighted by atomic mass is 19.3. The average molecular weight is 272 g/mol. The van der Waals surface area contributed by atoms with Crippen LogP contribution < -0.4 is 15.8 Å². The van der Waals surface area contributed by atoms with Gasteiger partial charge in [0, 0.05) is 11.1 Å². The summed E-state index contributed by atoms with van der Waals surface area (Å²) in [4.78, 5) is 12.0. The van der Waals surface area contributed by atoms with E-state index in [1.807, 2.05) is 13.8 Å². The van der Waals surface area contributed by atoms with Gasteiger partial charge in [0.25, 0.3) is 5.91 Å². The van der Waals surface area contributed by atoms with Crippen LogP contribution in [-0.2, 0) is 0 Å². The zero-order valence-corrected chi connectivity index (χ0v) is 11.0. The van der Waals surface area contributed by atoms with Crippen LogP contribution in [0, 0.1) is 0 Å². The average Bonchev–Trinajstić information content (AvgIpc) is 2.27. The van der Waals surface area contributed by atoms with Crippen molar-refractivity contribution in [3.8, 4) is 5.75 Å². The standard InChI is InChI=1S/C13H18F2N2O2/c1-13(2,6-7-16)17-11(18)9-4-3-5-10(8-9)19-12(14)15/h3-5,8,12H,6-7,16H2,1-2H3,(H,17,18). The van der Waals surface area contributed by atoms with Gasteiger partial charge in [-0.05, 0) is 45.0 Å². The number of halogens is 2.